The van der Waals surface area contributed by atoms with E-state index in [1.54, 1.807) is 0 Å². The summed E-state index contributed by atoms with van der Waals surface area (Å²) >= 11 is 4.08. The van der Waals surface area contributed by atoms with Gasteiger partial charge in [-0.2, -0.15) is 12.6 Å². The third kappa shape index (κ3) is 3.78. The topological polar surface area (TPSA) is 0 Å². The summed E-state index contributed by atoms with van der Waals surface area (Å²) in [6.45, 7) is 10.9. The first kappa shape index (κ1) is 15.1. The number of thiol groups is 1. The molecule has 1 heteroatoms. The highest BCUT2D eigenvalue weighted by Crippen LogP contribution is 2.32. The minimum Gasteiger partial charge on any atom is -0.152 e. The summed E-state index contributed by atoms with van der Waals surface area (Å²) in [6, 6.07) is 8.87. The number of rotatable bonds is 6. The van der Waals surface area contributed by atoms with E-state index in [0.29, 0.717) is 0 Å². The second-order valence-corrected chi connectivity index (χ2v) is 5.50. The van der Waals surface area contributed by atoms with Crippen LogP contribution in [-0.2, 0) is 11.8 Å². The molecule has 0 aliphatic rings. The van der Waals surface area contributed by atoms with Crippen LogP contribution in [0.3, 0.4) is 0 Å². The van der Waals surface area contributed by atoms with Crippen LogP contribution in [0.1, 0.15) is 44.7 Å². The fourth-order valence-corrected chi connectivity index (χ4v) is 2.24. The van der Waals surface area contributed by atoms with Crippen LogP contribution >= 0.6 is 12.6 Å². The lowest BCUT2D eigenvalue weighted by molar-refractivity contribution is 0.603. The van der Waals surface area contributed by atoms with Crippen LogP contribution in [0.15, 0.2) is 47.9 Å². The molecular weight excluding hydrogens is 236 g/mol. The van der Waals surface area contributed by atoms with Crippen LogP contribution in [0.2, 0.25) is 0 Å². The van der Waals surface area contributed by atoms with Gasteiger partial charge in [-0.05, 0) is 35.8 Å². The lowest BCUT2D eigenvalue weighted by atomic mass is 9.77. The molecule has 0 atom stereocenters. The van der Waals surface area contributed by atoms with Gasteiger partial charge in [-0.15, -0.1) is 0 Å². The molecule has 0 saturated heterocycles. The van der Waals surface area contributed by atoms with E-state index in [1.165, 1.54) is 16.7 Å². The number of benzene rings is 1. The first-order chi connectivity index (χ1) is 8.52. The summed E-state index contributed by atoms with van der Waals surface area (Å²) in [4.78, 5) is 0. The quantitative estimate of drug-likeness (QED) is 0.520. The maximum absolute atomic E-state index is 4.21. The zero-order valence-electron chi connectivity index (χ0n) is 11.7. The fraction of sp³-hybridized carbons (Fsp3) is 0.412. The van der Waals surface area contributed by atoms with Crippen LogP contribution in [-0.4, -0.2) is 0 Å². The summed E-state index contributed by atoms with van der Waals surface area (Å²) in [5.41, 5.74) is 4.09. The first-order valence-electron chi connectivity index (χ1n) is 6.59. The van der Waals surface area contributed by atoms with Crippen molar-refractivity contribution < 1.29 is 0 Å². The van der Waals surface area contributed by atoms with Gasteiger partial charge >= 0.3 is 0 Å². The summed E-state index contributed by atoms with van der Waals surface area (Å²) in [7, 11) is 0. The molecule has 1 aromatic rings. The lowest BCUT2D eigenvalue weighted by Gasteiger charge is -2.28. The van der Waals surface area contributed by atoms with Gasteiger partial charge in [0.15, 0.2) is 0 Å². The number of hydrogen-bond donors (Lipinski definition) is 1. The first-order valence-corrected chi connectivity index (χ1v) is 7.11. The molecule has 0 fully saturated rings. The van der Waals surface area contributed by atoms with Gasteiger partial charge in [-0.25, -0.2) is 0 Å². The predicted octanol–water partition coefficient (Wildman–Crippen LogP) is 5.31. The minimum atomic E-state index is 0.0597. The van der Waals surface area contributed by atoms with Gasteiger partial charge in [0.25, 0.3) is 0 Å². The van der Waals surface area contributed by atoms with E-state index < -0.39 is 0 Å². The van der Waals surface area contributed by atoms with Crippen molar-refractivity contribution in [2.75, 3.05) is 0 Å². The van der Waals surface area contributed by atoms with Crippen molar-refractivity contribution in [2.24, 2.45) is 0 Å². The molecule has 0 aliphatic carbocycles. The highest BCUT2D eigenvalue weighted by molar-refractivity contribution is 7.83. The van der Waals surface area contributed by atoms with E-state index in [1.807, 2.05) is 5.41 Å². The fourth-order valence-electron chi connectivity index (χ4n) is 2.09. The van der Waals surface area contributed by atoms with E-state index in [2.05, 4.69) is 70.3 Å². The standard InChI is InChI=1S/C17H24S/c1-5-14(2)17(3,4)16-11-8-10-15(13-16)9-6-7-12-18/h7-8,10-13,18H,2,5-6,9H2,1,3-4H3/b12-7+. The van der Waals surface area contributed by atoms with E-state index in [-0.39, 0.29) is 5.41 Å². The molecule has 0 bridgehead atoms. The number of hydrogen-bond acceptors (Lipinski definition) is 1. The lowest BCUT2D eigenvalue weighted by Crippen LogP contribution is -2.19. The normalized spacial score (nSPS) is 12.0. The Hall–Kier alpha value is -0.950. The Labute approximate surface area is 117 Å². The Morgan fingerprint density at radius 1 is 1.39 bits per heavy atom. The van der Waals surface area contributed by atoms with Gasteiger partial charge in [0.05, 0.1) is 0 Å². The molecule has 0 aromatic heterocycles. The number of allylic oxidation sites excluding steroid dienone is 2. The van der Waals surface area contributed by atoms with E-state index in [9.17, 15) is 0 Å². The predicted molar refractivity (Wildman–Crippen MR) is 85.3 cm³/mol. The number of aryl methyl sites for hydroxylation is 1. The third-order valence-electron chi connectivity index (χ3n) is 3.66. The average Bonchev–Trinajstić information content (AvgIpc) is 2.38. The summed E-state index contributed by atoms with van der Waals surface area (Å²) in [5.74, 6) is 0. The maximum atomic E-state index is 4.21. The van der Waals surface area contributed by atoms with Crippen molar-refractivity contribution in [3.05, 3.63) is 59.0 Å². The van der Waals surface area contributed by atoms with Crippen molar-refractivity contribution in [3.63, 3.8) is 0 Å². The Bertz CT molecular complexity index is 427. The second-order valence-electron chi connectivity index (χ2n) is 5.21. The van der Waals surface area contributed by atoms with Crippen molar-refractivity contribution in [1.82, 2.24) is 0 Å². The Morgan fingerprint density at radius 2 is 2.11 bits per heavy atom. The van der Waals surface area contributed by atoms with E-state index in [0.717, 1.165) is 19.3 Å². The van der Waals surface area contributed by atoms with Crippen molar-refractivity contribution in [3.8, 4) is 0 Å². The smallest absolute Gasteiger partial charge is 0.0102 e. The van der Waals surface area contributed by atoms with Crippen LogP contribution in [0, 0.1) is 0 Å². The van der Waals surface area contributed by atoms with Crippen LogP contribution in [0.4, 0.5) is 0 Å². The third-order valence-corrected chi connectivity index (χ3v) is 3.88. The van der Waals surface area contributed by atoms with Crippen LogP contribution < -0.4 is 0 Å². The molecule has 0 radical (unpaired) electrons. The molecule has 0 nitrogen and oxygen atoms in total. The molecule has 0 N–H and O–H groups in total. The average molecular weight is 260 g/mol. The van der Waals surface area contributed by atoms with Crippen molar-refractivity contribution >= 4 is 12.6 Å². The van der Waals surface area contributed by atoms with Gasteiger partial charge in [-0.1, -0.05) is 63.3 Å². The molecule has 1 rings (SSSR count). The molecule has 0 heterocycles. The molecule has 0 amide bonds. The van der Waals surface area contributed by atoms with Gasteiger partial charge in [0, 0.05) is 5.41 Å². The summed E-state index contributed by atoms with van der Waals surface area (Å²) in [6.07, 6.45) is 5.23. The van der Waals surface area contributed by atoms with Gasteiger partial charge in [0.2, 0.25) is 0 Å². The van der Waals surface area contributed by atoms with E-state index in [4.69, 9.17) is 0 Å². The molecule has 18 heavy (non-hydrogen) atoms. The highest BCUT2D eigenvalue weighted by atomic mass is 32.1. The maximum Gasteiger partial charge on any atom is 0.0102 e. The zero-order valence-corrected chi connectivity index (χ0v) is 12.6. The highest BCUT2D eigenvalue weighted by Gasteiger charge is 2.22. The van der Waals surface area contributed by atoms with Crippen molar-refractivity contribution in [2.45, 2.75) is 45.4 Å². The second kappa shape index (κ2) is 6.84. The van der Waals surface area contributed by atoms with Crippen LogP contribution in [0.25, 0.3) is 0 Å². The summed E-state index contributed by atoms with van der Waals surface area (Å²) in [5, 5.41) is 1.81. The SMILES string of the molecule is C=C(CC)C(C)(C)c1cccc(CC/C=C/S)c1. The largest absolute Gasteiger partial charge is 0.152 e. The monoisotopic (exact) mass is 260 g/mol. The molecular formula is C17H24S. The van der Waals surface area contributed by atoms with E-state index >= 15 is 0 Å². The molecule has 0 saturated carbocycles. The summed E-state index contributed by atoms with van der Waals surface area (Å²) < 4.78 is 0. The molecule has 0 unspecified atom stereocenters. The minimum absolute atomic E-state index is 0.0597. The Morgan fingerprint density at radius 3 is 2.72 bits per heavy atom. The molecule has 98 valence electrons. The van der Waals surface area contributed by atoms with Gasteiger partial charge < -0.3 is 0 Å². The van der Waals surface area contributed by atoms with Crippen molar-refractivity contribution in [1.29, 1.82) is 0 Å². The zero-order chi connectivity index (χ0) is 13.6. The van der Waals surface area contributed by atoms with Crippen LogP contribution in [0.5, 0.6) is 0 Å². The Balaban J connectivity index is 2.90. The molecule has 0 spiro atoms. The molecule has 1 aromatic carbocycles. The van der Waals surface area contributed by atoms with Gasteiger partial charge in [-0.3, -0.25) is 0 Å². The molecule has 0 aliphatic heterocycles. The Kier molecular flexibility index (Phi) is 5.74. The van der Waals surface area contributed by atoms with Gasteiger partial charge in [0.1, 0.15) is 0 Å².